The van der Waals surface area contributed by atoms with Crippen LogP contribution in [0.4, 0.5) is 0 Å². The van der Waals surface area contributed by atoms with E-state index < -0.39 is 10.0 Å². The molecule has 0 radical (unpaired) electrons. The number of nitrogens with one attached hydrogen (secondary N) is 1. The van der Waals surface area contributed by atoms with Gasteiger partial charge in [0.1, 0.15) is 0 Å². The van der Waals surface area contributed by atoms with Gasteiger partial charge in [0.2, 0.25) is 15.6 Å². The van der Waals surface area contributed by atoms with Gasteiger partial charge in [0, 0.05) is 24.8 Å². The lowest BCUT2D eigenvalue weighted by atomic mass is 10.1. The molecular weight excluding hydrogens is 252 g/mol. The van der Waals surface area contributed by atoms with Crippen molar-refractivity contribution in [2.75, 3.05) is 6.54 Å². The average molecular weight is 270 g/mol. The SMILES string of the molecule is CC1CCCCCN1S(=O)(=O)c1ccc(=O)[nH]c1. The van der Waals surface area contributed by atoms with Gasteiger partial charge in [-0.25, -0.2) is 8.42 Å². The fourth-order valence-electron chi connectivity index (χ4n) is 2.30. The summed E-state index contributed by atoms with van der Waals surface area (Å²) in [5.41, 5.74) is -0.294. The molecular formula is C12H18N2O3S. The van der Waals surface area contributed by atoms with Gasteiger partial charge in [0.15, 0.2) is 0 Å². The lowest BCUT2D eigenvalue weighted by molar-refractivity contribution is 0.342. The second kappa shape index (κ2) is 5.24. The molecule has 100 valence electrons. The third kappa shape index (κ3) is 2.64. The highest BCUT2D eigenvalue weighted by atomic mass is 32.2. The van der Waals surface area contributed by atoms with Crippen LogP contribution in [0.25, 0.3) is 0 Å². The smallest absolute Gasteiger partial charge is 0.247 e. The van der Waals surface area contributed by atoms with Crippen molar-refractivity contribution in [1.82, 2.24) is 9.29 Å². The number of H-pyrrole nitrogens is 1. The van der Waals surface area contributed by atoms with Gasteiger partial charge in [0.25, 0.3) is 0 Å². The van der Waals surface area contributed by atoms with E-state index in [0.717, 1.165) is 25.7 Å². The maximum Gasteiger partial charge on any atom is 0.247 e. The number of sulfonamides is 1. The molecule has 1 unspecified atom stereocenters. The molecule has 18 heavy (non-hydrogen) atoms. The van der Waals surface area contributed by atoms with E-state index in [4.69, 9.17) is 0 Å². The Bertz CT molecular complexity index is 544. The lowest BCUT2D eigenvalue weighted by Crippen LogP contribution is -2.38. The Balaban J connectivity index is 2.34. The Kier molecular flexibility index (Phi) is 3.87. The topological polar surface area (TPSA) is 70.2 Å². The highest BCUT2D eigenvalue weighted by Crippen LogP contribution is 2.23. The molecule has 2 rings (SSSR count). The van der Waals surface area contributed by atoms with Crippen LogP contribution < -0.4 is 5.56 Å². The molecule has 0 saturated carbocycles. The maximum absolute atomic E-state index is 12.5. The van der Waals surface area contributed by atoms with Crippen LogP contribution in [0, 0.1) is 0 Å². The van der Waals surface area contributed by atoms with Crippen molar-refractivity contribution in [2.45, 2.75) is 43.5 Å². The summed E-state index contributed by atoms with van der Waals surface area (Å²) in [7, 11) is -3.49. The molecule has 0 spiro atoms. The van der Waals surface area contributed by atoms with Gasteiger partial charge < -0.3 is 4.98 Å². The first-order chi connectivity index (χ1) is 8.51. The van der Waals surface area contributed by atoms with E-state index >= 15 is 0 Å². The van der Waals surface area contributed by atoms with Gasteiger partial charge in [-0.2, -0.15) is 4.31 Å². The average Bonchev–Trinajstić information content (AvgIpc) is 2.55. The summed E-state index contributed by atoms with van der Waals surface area (Å²) >= 11 is 0. The Hall–Kier alpha value is -1.14. The normalized spacial score (nSPS) is 22.6. The third-order valence-corrected chi connectivity index (χ3v) is 5.36. The number of pyridine rings is 1. The first-order valence-electron chi connectivity index (χ1n) is 6.22. The Morgan fingerprint density at radius 3 is 2.72 bits per heavy atom. The minimum absolute atomic E-state index is 0.0180. The van der Waals surface area contributed by atoms with E-state index in [1.807, 2.05) is 6.92 Å². The van der Waals surface area contributed by atoms with E-state index in [1.165, 1.54) is 18.3 Å². The number of hydrogen-bond acceptors (Lipinski definition) is 3. The summed E-state index contributed by atoms with van der Waals surface area (Å²) in [4.78, 5) is 13.6. The molecule has 1 fully saturated rings. The number of nitrogens with zero attached hydrogens (tertiary/aromatic N) is 1. The van der Waals surface area contributed by atoms with Crippen molar-refractivity contribution in [3.63, 3.8) is 0 Å². The minimum Gasteiger partial charge on any atom is -0.328 e. The van der Waals surface area contributed by atoms with E-state index in [9.17, 15) is 13.2 Å². The number of hydrogen-bond donors (Lipinski definition) is 1. The molecule has 0 aromatic carbocycles. The predicted molar refractivity (Wildman–Crippen MR) is 68.9 cm³/mol. The fourth-order valence-corrected chi connectivity index (χ4v) is 3.97. The van der Waals surface area contributed by atoms with Crippen LogP contribution in [0.1, 0.15) is 32.6 Å². The Morgan fingerprint density at radius 2 is 2.06 bits per heavy atom. The summed E-state index contributed by atoms with van der Waals surface area (Å²) in [6.07, 6.45) is 5.20. The summed E-state index contributed by atoms with van der Waals surface area (Å²) < 4.78 is 26.5. The monoisotopic (exact) mass is 270 g/mol. The summed E-state index contributed by atoms with van der Waals surface area (Å²) in [5, 5.41) is 0. The van der Waals surface area contributed by atoms with Gasteiger partial charge in [-0.3, -0.25) is 4.79 Å². The molecule has 1 N–H and O–H groups in total. The van der Waals surface area contributed by atoms with E-state index in [2.05, 4.69) is 4.98 Å². The molecule has 1 atom stereocenters. The number of aromatic nitrogens is 1. The number of rotatable bonds is 2. The zero-order chi connectivity index (χ0) is 13.2. The summed E-state index contributed by atoms with van der Waals surface area (Å²) in [5.74, 6) is 0. The molecule has 1 aromatic rings. The first kappa shape index (κ1) is 13.3. The van der Waals surface area contributed by atoms with Gasteiger partial charge in [-0.15, -0.1) is 0 Å². The van der Waals surface area contributed by atoms with Crippen molar-refractivity contribution in [1.29, 1.82) is 0 Å². The van der Waals surface area contributed by atoms with Crippen molar-refractivity contribution in [2.24, 2.45) is 0 Å². The maximum atomic E-state index is 12.5. The zero-order valence-corrected chi connectivity index (χ0v) is 11.2. The minimum atomic E-state index is -3.49. The van der Waals surface area contributed by atoms with Gasteiger partial charge >= 0.3 is 0 Å². The molecule has 1 aliphatic rings. The highest BCUT2D eigenvalue weighted by Gasteiger charge is 2.29. The molecule has 1 aliphatic heterocycles. The molecule has 0 aliphatic carbocycles. The van der Waals surface area contributed by atoms with Crippen molar-refractivity contribution >= 4 is 10.0 Å². The van der Waals surface area contributed by atoms with Crippen LogP contribution in [-0.2, 0) is 10.0 Å². The van der Waals surface area contributed by atoms with Crippen molar-refractivity contribution in [3.8, 4) is 0 Å². The number of aromatic amines is 1. The molecule has 1 aromatic heterocycles. The van der Waals surface area contributed by atoms with Crippen LogP contribution >= 0.6 is 0 Å². The first-order valence-corrected chi connectivity index (χ1v) is 7.66. The van der Waals surface area contributed by atoms with E-state index in [-0.39, 0.29) is 16.5 Å². The van der Waals surface area contributed by atoms with Gasteiger partial charge in [0.05, 0.1) is 4.90 Å². The molecule has 2 heterocycles. The third-order valence-electron chi connectivity index (χ3n) is 3.35. The predicted octanol–water partition coefficient (Wildman–Crippen LogP) is 1.33. The van der Waals surface area contributed by atoms with Gasteiger partial charge in [-0.1, -0.05) is 12.8 Å². The summed E-state index contributed by atoms with van der Waals surface area (Å²) in [6, 6.07) is 2.63. The van der Waals surface area contributed by atoms with E-state index in [1.54, 1.807) is 4.31 Å². The highest BCUT2D eigenvalue weighted by molar-refractivity contribution is 7.89. The molecule has 5 nitrogen and oxygen atoms in total. The molecule has 1 saturated heterocycles. The second-order valence-corrected chi connectivity index (χ2v) is 6.59. The standard InChI is InChI=1S/C12H18N2O3S/c1-10-5-3-2-4-8-14(10)18(16,17)11-6-7-12(15)13-9-11/h6-7,9-10H,2-5,8H2,1H3,(H,13,15). The Morgan fingerprint density at radius 1 is 1.28 bits per heavy atom. The van der Waals surface area contributed by atoms with Crippen LogP contribution in [-0.4, -0.2) is 30.3 Å². The van der Waals surface area contributed by atoms with Crippen LogP contribution in [0.3, 0.4) is 0 Å². The quantitative estimate of drug-likeness (QED) is 0.881. The van der Waals surface area contributed by atoms with Crippen molar-refractivity contribution in [3.05, 3.63) is 28.7 Å². The zero-order valence-electron chi connectivity index (χ0n) is 10.4. The van der Waals surface area contributed by atoms with Crippen molar-refractivity contribution < 1.29 is 8.42 Å². The summed E-state index contributed by atoms with van der Waals surface area (Å²) in [6.45, 7) is 2.50. The van der Waals surface area contributed by atoms with E-state index in [0.29, 0.717) is 6.54 Å². The largest absolute Gasteiger partial charge is 0.328 e. The van der Waals surface area contributed by atoms with Crippen LogP contribution in [0.15, 0.2) is 28.0 Å². The van der Waals surface area contributed by atoms with Gasteiger partial charge in [-0.05, 0) is 25.8 Å². The fraction of sp³-hybridized carbons (Fsp3) is 0.583. The van der Waals surface area contributed by atoms with Crippen LogP contribution in [0.5, 0.6) is 0 Å². The van der Waals surface area contributed by atoms with Crippen LogP contribution in [0.2, 0.25) is 0 Å². The Labute approximate surface area is 107 Å². The molecule has 0 amide bonds. The lowest BCUT2D eigenvalue weighted by Gasteiger charge is -2.26. The molecule has 0 bridgehead atoms. The molecule has 6 heteroatoms. The second-order valence-electron chi connectivity index (χ2n) is 4.70.